The first kappa shape index (κ1) is 17.1. The van der Waals surface area contributed by atoms with E-state index < -0.39 is 0 Å². The van der Waals surface area contributed by atoms with E-state index in [0.717, 1.165) is 28.0 Å². The van der Waals surface area contributed by atoms with Crippen LogP contribution in [0.25, 0.3) is 11.6 Å². The Balaban J connectivity index is 2.54. The van der Waals surface area contributed by atoms with Gasteiger partial charge in [0.2, 0.25) is 0 Å². The fourth-order valence-electron chi connectivity index (χ4n) is 2.46. The van der Waals surface area contributed by atoms with Gasteiger partial charge in [0.1, 0.15) is 5.75 Å². The number of nitrogens with zero attached hydrogens (tertiary/aromatic N) is 1. The molecule has 0 aliphatic carbocycles. The molecule has 2 nitrogen and oxygen atoms in total. The molecule has 0 N–H and O–H groups in total. The number of allylic oxidation sites excluding steroid dienone is 1. The van der Waals surface area contributed by atoms with Crippen molar-refractivity contribution in [1.29, 1.82) is 5.26 Å². The molecule has 0 unspecified atom stereocenters. The molecular weight excluding hydrogens is 306 g/mol. The van der Waals surface area contributed by atoms with Gasteiger partial charge in [-0.25, -0.2) is 0 Å². The van der Waals surface area contributed by atoms with E-state index >= 15 is 0 Å². The van der Waals surface area contributed by atoms with Crippen LogP contribution in [-0.2, 0) is 0 Å². The molecular formula is C20H20ClNO. The fraction of sp³-hybridized carbons (Fsp3) is 0.250. The van der Waals surface area contributed by atoms with Gasteiger partial charge in [-0.1, -0.05) is 37.6 Å². The van der Waals surface area contributed by atoms with Gasteiger partial charge in [0, 0.05) is 5.02 Å². The fourth-order valence-corrected chi connectivity index (χ4v) is 2.59. The number of ether oxygens (including phenoxy) is 1. The Bertz CT molecular complexity index is 767. The van der Waals surface area contributed by atoms with E-state index in [-0.39, 0.29) is 0 Å². The molecule has 0 saturated carbocycles. The van der Waals surface area contributed by atoms with Gasteiger partial charge in [0.05, 0.1) is 18.8 Å². The van der Waals surface area contributed by atoms with Crippen LogP contribution in [0.1, 0.15) is 42.0 Å². The summed E-state index contributed by atoms with van der Waals surface area (Å²) in [6, 6.07) is 13.7. The van der Waals surface area contributed by atoms with Crippen LogP contribution >= 0.6 is 11.6 Å². The van der Waals surface area contributed by atoms with Crippen molar-refractivity contribution in [3.8, 4) is 11.8 Å². The molecule has 2 rings (SSSR count). The molecule has 0 bridgehead atoms. The maximum absolute atomic E-state index is 9.50. The number of benzene rings is 2. The third kappa shape index (κ3) is 3.94. The highest BCUT2D eigenvalue weighted by molar-refractivity contribution is 6.30. The highest BCUT2D eigenvalue weighted by Crippen LogP contribution is 2.31. The van der Waals surface area contributed by atoms with Crippen molar-refractivity contribution in [3.63, 3.8) is 0 Å². The number of rotatable bonds is 4. The van der Waals surface area contributed by atoms with Crippen LogP contribution in [-0.4, -0.2) is 7.11 Å². The van der Waals surface area contributed by atoms with E-state index in [1.807, 2.05) is 31.2 Å². The van der Waals surface area contributed by atoms with Gasteiger partial charge >= 0.3 is 0 Å². The molecule has 0 saturated heterocycles. The molecule has 2 aromatic rings. The highest BCUT2D eigenvalue weighted by Gasteiger charge is 2.11. The maximum Gasteiger partial charge on any atom is 0.122 e. The van der Waals surface area contributed by atoms with Crippen LogP contribution in [0, 0.1) is 18.3 Å². The van der Waals surface area contributed by atoms with Crippen molar-refractivity contribution < 1.29 is 4.74 Å². The molecule has 0 heterocycles. The normalized spacial score (nSPS) is 11.4. The van der Waals surface area contributed by atoms with Crippen molar-refractivity contribution >= 4 is 23.3 Å². The summed E-state index contributed by atoms with van der Waals surface area (Å²) in [5.41, 5.74) is 4.72. The van der Waals surface area contributed by atoms with E-state index in [2.05, 4.69) is 26.0 Å². The second kappa shape index (κ2) is 7.35. The van der Waals surface area contributed by atoms with Crippen molar-refractivity contribution in [1.82, 2.24) is 0 Å². The first-order chi connectivity index (χ1) is 11.0. The summed E-state index contributed by atoms with van der Waals surface area (Å²) in [5, 5.41) is 10.2. The summed E-state index contributed by atoms with van der Waals surface area (Å²) < 4.78 is 5.47. The molecule has 0 aromatic heterocycles. The molecule has 2 aromatic carbocycles. The lowest BCUT2D eigenvalue weighted by Crippen LogP contribution is -1.97. The van der Waals surface area contributed by atoms with Crippen molar-refractivity contribution in [3.05, 3.63) is 63.7 Å². The summed E-state index contributed by atoms with van der Waals surface area (Å²) in [7, 11) is 1.69. The van der Waals surface area contributed by atoms with Gasteiger partial charge in [0.15, 0.2) is 0 Å². The molecule has 0 atom stereocenters. The predicted octanol–water partition coefficient (Wildman–Crippen LogP) is 5.84. The smallest absolute Gasteiger partial charge is 0.122 e. The number of hydrogen-bond donors (Lipinski definition) is 0. The third-order valence-electron chi connectivity index (χ3n) is 3.82. The van der Waals surface area contributed by atoms with E-state index in [0.29, 0.717) is 16.5 Å². The minimum Gasteiger partial charge on any atom is -0.496 e. The van der Waals surface area contributed by atoms with E-state index in [1.165, 1.54) is 0 Å². The van der Waals surface area contributed by atoms with Gasteiger partial charge in [0.25, 0.3) is 0 Å². The molecule has 23 heavy (non-hydrogen) atoms. The third-order valence-corrected chi connectivity index (χ3v) is 4.07. The quantitative estimate of drug-likeness (QED) is 0.522. The SMILES string of the molecule is COc1cc(C)c(/C=C(\C#N)c2ccc(Cl)cc2)cc1C(C)C. The summed E-state index contributed by atoms with van der Waals surface area (Å²) in [4.78, 5) is 0. The zero-order chi connectivity index (χ0) is 17.0. The van der Waals surface area contributed by atoms with Crippen LogP contribution in [0.2, 0.25) is 5.02 Å². The summed E-state index contributed by atoms with van der Waals surface area (Å²) in [5.74, 6) is 1.23. The van der Waals surface area contributed by atoms with Crippen molar-refractivity contribution in [2.45, 2.75) is 26.7 Å². The Morgan fingerprint density at radius 2 is 1.87 bits per heavy atom. The number of halogens is 1. The van der Waals surface area contributed by atoms with Gasteiger partial charge in [-0.05, 0) is 65.4 Å². The minimum atomic E-state index is 0.346. The number of hydrogen-bond acceptors (Lipinski definition) is 2. The molecule has 118 valence electrons. The lowest BCUT2D eigenvalue weighted by Gasteiger charge is -2.15. The summed E-state index contributed by atoms with van der Waals surface area (Å²) in [6.45, 7) is 6.28. The monoisotopic (exact) mass is 325 g/mol. The van der Waals surface area contributed by atoms with Crippen LogP contribution in [0.5, 0.6) is 5.75 Å². The average molecular weight is 326 g/mol. The molecule has 0 fully saturated rings. The van der Waals surface area contributed by atoms with Crippen LogP contribution in [0.3, 0.4) is 0 Å². The molecule has 0 aliphatic heterocycles. The molecule has 0 radical (unpaired) electrons. The van der Waals surface area contributed by atoms with Crippen molar-refractivity contribution in [2.24, 2.45) is 0 Å². The Hall–Kier alpha value is -2.24. The summed E-state index contributed by atoms with van der Waals surface area (Å²) >= 11 is 5.92. The number of nitriles is 1. The Labute approximate surface area is 143 Å². The second-order valence-corrected chi connectivity index (χ2v) is 6.22. The zero-order valence-corrected chi connectivity index (χ0v) is 14.6. The second-order valence-electron chi connectivity index (χ2n) is 5.78. The standard InChI is InChI=1S/C20H20ClNO/c1-13(2)19-11-16(14(3)9-20(19)23-4)10-17(12-22)15-5-7-18(21)8-6-15/h5-11,13H,1-4H3/b17-10+. The molecule has 0 amide bonds. The molecule has 0 aliphatic rings. The zero-order valence-electron chi connectivity index (χ0n) is 13.9. The molecule has 0 spiro atoms. The first-order valence-electron chi connectivity index (χ1n) is 7.52. The van der Waals surface area contributed by atoms with E-state index in [9.17, 15) is 5.26 Å². The number of methoxy groups -OCH3 is 1. The number of aryl methyl sites for hydroxylation is 1. The molecule has 3 heteroatoms. The van der Waals surface area contributed by atoms with Gasteiger partial charge < -0.3 is 4.74 Å². The van der Waals surface area contributed by atoms with Gasteiger partial charge in [-0.3, -0.25) is 0 Å². The summed E-state index contributed by atoms with van der Waals surface area (Å²) in [6.07, 6.45) is 1.92. The van der Waals surface area contributed by atoms with Crippen LogP contribution in [0.4, 0.5) is 0 Å². The Morgan fingerprint density at radius 3 is 2.39 bits per heavy atom. The van der Waals surface area contributed by atoms with E-state index in [1.54, 1.807) is 19.2 Å². The van der Waals surface area contributed by atoms with Gasteiger partial charge in [-0.15, -0.1) is 0 Å². The Morgan fingerprint density at radius 1 is 1.22 bits per heavy atom. The largest absolute Gasteiger partial charge is 0.496 e. The maximum atomic E-state index is 9.50. The average Bonchev–Trinajstić information content (AvgIpc) is 2.54. The Kier molecular flexibility index (Phi) is 5.47. The first-order valence-corrected chi connectivity index (χ1v) is 7.90. The predicted molar refractivity (Wildman–Crippen MR) is 96.8 cm³/mol. The van der Waals surface area contributed by atoms with Crippen LogP contribution in [0.15, 0.2) is 36.4 Å². The van der Waals surface area contributed by atoms with Crippen LogP contribution < -0.4 is 4.74 Å². The van der Waals surface area contributed by atoms with Crippen molar-refractivity contribution in [2.75, 3.05) is 7.11 Å². The topological polar surface area (TPSA) is 33.0 Å². The van der Waals surface area contributed by atoms with Gasteiger partial charge in [-0.2, -0.15) is 5.26 Å². The van der Waals surface area contributed by atoms with E-state index in [4.69, 9.17) is 16.3 Å². The lowest BCUT2D eigenvalue weighted by atomic mass is 9.94. The lowest BCUT2D eigenvalue weighted by molar-refractivity contribution is 0.407. The highest BCUT2D eigenvalue weighted by atomic mass is 35.5. The minimum absolute atomic E-state index is 0.346.